The molecule has 2 aliphatic carbocycles. The summed E-state index contributed by atoms with van der Waals surface area (Å²) >= 11 is 2.92. The highest BCUT2D eigenvalue weighted by molar-refractivity contribution is 8.03. The molecule has 0 saturated carbocycles. The van der Waals surface area contributed by atoms with Crippen LogP contribution in [-0.4, -0.2) is 27.4 Å². The molecular formula is C40H46O4S2. The number of carbonyl (C=O) groups is 2. The molecule has 0 radical (unpaired) electrons. The number of carbonyl (C=O) groups excluding carboxylic acids is 2. The summed E-state index contributed by atoms with van der Waals surface area (Å²) in [5, 5.41) is 23.9. The molecule has 2 unspecified atom stereocenters. The summed E-state index contributed by atoms with van der Waals surface area (Å²) in [5.74, 6) is -1.31. The average Bonchev–Trinajstić information content (AvgIpc) is 3.02. The van der Waals surface area contributed by atoms with E-state index in [1.165, 1.54) is 29.6 Å². The van der Waals surface area contributed by atoms with Gasteiger partial charge in [0.05, 0.1) is 11.1 Å². The zero-order valence-electron chi connectivity index (χ0n) is 27.7. The van der Waals surface area contributed by atoms with Gasteiger partial charge in [0.25, 0.3) is 0 Å². The van der Waals surface area contributed by atoms with Gasteiger partial charge in [0, 0.05) is 36.7 Å². The van der Waals surface area contributed by atoms with Crippen molar-refractivity contribution in [3.8, 4) is 5.75 Å². The lowest BCUT2D eigenvalue weighted by molar-refractivity contribution is 0.0161. The van der Waals surface area contributed by atoms with Crippen molar-refractivity contribution in [3.63, 3.8) is 0 Å². The Morgan fingerprint density at radius 2 is 1.43 bits per heavy atom. The maximum absolute atomic E-state index is 14.9. The molecule has 0 bridgehead atoms. The summed E-state index contributed by atoms with van der Waals surface area (Å²) in [7, 11) is 0. The number of ketones is 2. The van der Waals surface area contributed by atoms with Gasteiger partial charge < -0.3 is 10.2 Å². The molecule has 0 heterocycles. The van der Waals surface area contributed by atoms with E-state index in [1.807, 2.05) is 42.5 Å². The minimum absolute atomic E-state index is 0.00671. The molecule has 0 saturated heterocycles. The number of benzene rings is 3. The Kier molecular flexibility index (Phi) is 10.7. The highest BCUT2D eigenvalue weighted by atomic mass is 32.2. The number of aliphatic hydroxyl groups is 1. The molecule has 0 aromatic heterocycles. The largest absolute Gasteiger partial charge is 0.507 e. The predicted molar refractivity (Wildman–Crippen MR) is 190 cm³/mol. The second-order valence-electron chi connectivity index (χ2n) is 13.5. The second kappa shape index (κ2) is 14.4. The third kappa shape index (κ3) is 6.81. The average molecular weight is 655 g/mol. The number of allylic oxidation sites excluding steroid dienone is 1. The predicted octanol–water partition coefficient (Wildman–Crippen LogP) is 10.7. The summed E-state index contributed by atoms with van der Waals surface area (Å²) in [4.78, 5) is 33.0. The molecular weight excluding hydrogens is 609 g/mol. The number of phenols is 1. The Bertz CT molecular complexity index is 1660. The van der Waals surface area contributed by atoms with Crippen LogP contribution in [-0.2, 0) is 5.41 Å². The van der Waals surface area contributed by atoms with Crippen LogP contribution in [0, 0.1) is 5.92 Å². The monoisotopic (exact) mass is 654 g/mol. The molecule has 0 fully saturated rings. The zero-order valence-corrected chi connectivity index (χ0v) is 29.3. The van der Waals surface area contributed by atoms with Gasteiger partial charge >= 0.3 is 0 Å². The van der Waals surface area contributed by atoms with Gasteiger partial charge in [0.1, 0.15) is 11.4 Å². The molecule has 5 rings (SSSR count). The van der Waals surface area contributed by atoms with Crippen molar-refractivity contribution in [1.29, 1.82) is 0 Å². The highest BCUT2D eigenvalue weighted by Gasteiger charge is 2.52. The molecule has 4 nitrogen and oxygen atoms in total. The molecule has 2 N–H and O–H groups in total. The number of phenolic OH excluding ortho intramolecular Hbond substituents is 1. The number of unbranched alkanes of at least 4 members (excludes halogenated alkanes) is 4. The number of rotatable bonds is 12. The summed E-state index contributed by atoms with van der Waals surface area (Å²) in [6.07, 6.45) is 8.79. The van der Waals surface area contributed by atoms with Crippen LogP contribution in [0.3, 0.4) is 0 Å². The van der Waals surface area contributed by atoms with Gasteiger partial charge in [0.15, 0.2) is 11.6 Å². The Balaban J connectivity index is 1.72. The van der Waals surface area contributed by atoms with Gasteiger partial charge in [-0.05, 0) is 54.2 Å². The summed E-state index contributed by atoms with van der Waals surface area (Å²) in [6, 6.07) is 21.2. The second-order valence-corrected chi connectivity index (χ2v) is 15.7. The lowest BCUT2D eigenvalue weighted by Gasteiger charge is -2.43. The first-order valence-electron chi connectivity index (χ1n) is 16.7. The van der Waals surface area contributed by atoms with E-state index in [4.69, 9.17) is 0 Å². The number of Topliss-reactive ketones (excluding diaryl/α,β-unsaturated/α-hetero) is 2. The lowest BCUT2D eigenvalue weighted by Crippen LogP contribution is -2.47. The fourth-order valence-corrected chi connectivity index (χ4v) is 9.09. The van der Waals surface area contributed by atoms with Crippen LogP contribution in [0.2, 0.25) is 0 Å². The maximum Gasteiger partial charge on any atom is 0.197 e. The van der Waals surface area contributed by atoms with E-state index in [1.54, 1.807) is 6.07 Å². The van der Waals surface area contributed by atoms with E-state index in [2.05, 4.69) is 52.8 Å². The van der Waals surface area contributed by atoms with Crippen molar-refractivity contribution < 1.29 is 19.8 Å². The van der Waals surface area contributed by atoms with Crippen LogP contribution in [0.15, 0.2) is 104 Å². The van der Waals surface area contributed by atoms with Crippen LogP contribution in [0.1, 0.15) is 112 Å². The first kappa shape index (κ1) is 34.3. The van der Waals surface area contributed by atoms with Crippen molar-refractivity contribution in [2.75, 3.05) is 0 Å². The van der Waals surface area contributed by atoms with Gasteiger partial charge in [0.2, 0.25) is 0 Å². The van der Waals surface area contributed by atoms with Gasteiger partial charge in [-0.2, -0.15) is 0 Å². The summed E-state index contributed by atoms with van der Waals surface area (Å²) < 4.78 is 0. The first-order valence-corrected chi connectivity index (χ1v) is 18.3. The van der Waals surface area contributed by atoms with Crippen LogP contribution >= 0.6 is 23.5 Å². The normalized spacial score (nSPS) is 19.6. The van der Waals surface area contributed by atoms with E-state index in [0.717, 1.165) is 58.8 Å². The molecule has 6 heteroatoms. The molecule has 3 aromatic carbocycles. The molecule has 242 valence electrons. The quantitative estimate of drug-likeness (QED) is 0.189. The third-order valence-electron chi connectivity index (χ3n) is 9.11. The highest BCUT2D eigenvalue weighted by Crippen LogP contribution is 2.53. The molecule has 2 atom stereocenters. The standard InChI is InChI=1S/C40H46O4S2/c1-6-8-11-17-26-25-32(46-30-21-15-14-20-28(30)39(3,4)5)35-36(40(26,44)24-16-9-7-2)38(43)33-29(41)22-23-31(34(33)37(35)42)45-27-18-12-10-13-19-27/h10,12-15,18-23,25-26,41,44H,6-9,11,16-17,24H2,1-5H3. The Morgan fingerprint density at radius 1 is 0.761 bits per heavy atom. The van der Waals surface area contributed by atoms with E-state index in [0.29, 0.717) is 17.7 Å². The van der Waals surface area contributed by atoms with Crippen LogP contribution in [0.25, 0.3) is 0 Å². The van der Waals surface area contributed by atoms with Crippen LogP contribution in [0.4, 0.5) is 0 Å². The van der Waals surface area contributed by atoms with Gasteiger partial charge in [-0.25, -0.2) is 0 Å². The fraction of sp³-hybridized carbons (Fsp3) is 0.400. The van der Waals surface area contributed by atoms with Crippen molar-refractivity contribution in [3.05, 3.63) is 106 Å². The van der Waals surface area contributed by atoms with E-state index < -0.39 is 11.4 Å². The Labute approximate surface area is 282 Å². The molecule has 0 amide bonds. The minimum atomic E-state index is -1.51. The van der Waals surface area contributed by atoms with Gasteiger partial charge in [-0.1, -0.05) is 139 Å². The van der Waals surface area contributed by atoms with Gasteiger partial charge in [-0.15, -0.1) is 0 Å². The number of hydrogen-bond donors (Lipinski definition) is 2. The van der Waals surface area contributed by atoms with Crippen LogP contribution in [0.5, 0.6) is 5.75 Å². The third-order valence-corrected chi connectivity index (χ3v) is 11.3. The summed E-state index contributed by atoms with van der Waals surface area (Å²) in [6.45, 7) is 10.8. The molecule has 0 aliphatic heterocycles. The SMILES string of the molecule is CCCCCC1C=C(Sc2ccccc2C(C)(C)C)C2=C(C(=O)c3c(O)ccc(Sc4ccccc4)c3C2=O)C1(O)CCCCC. The number of aromatic hydroxyl groups is 1. The number of fused-ring (bicyclic) bond motifs is 1. The van der Waals surface area contributed by atoms with Gasteiger partial charge in [-0.3, -0.25) is 9.59 Å². The molecule has 2 aliphatic rings. The van der Waals surface area contributed by atoms with E-state index in [-0.39, 0.29) is 45.1 Å². The lowest BCUT2D eigenvalue weighted by atomic mass is 9.65. The topological polar surface area (TPSA) is 74.6 Å². The smallest absolute Gasteiger partial charge is 0.197 e. The fourth-order valence-electron chi connectivity index (χ4n) is 6.71. The molecule has 3 aromatic rings. The van der Waals surface area contributed by atoms with E-state index in [9.17, 15) is 19.8 Å². The minimum Gasteiger partial charge on any atom is -0.507 e. The van der Waals surface area contributed by atoms with Crippen molar-refractivity contribution in [2.24, 2.45) is 5.92 Å². The number of hydrogen-bond acceptors (Lipinski definition) is 6. The van der Waals surface area contributed by atoms with Crippen LogP contribution < -0.4 is 0 Å². The molecule has 0 spiro atoms. The first-order chi connectivity index (χ1) is 22.0. The Hall–Kier alpha value is -3.06. The maximum atomic E-state index is 14.9. The number of thioether (sulfide) groups is 1. The zero-order chi connectivity index (χ0) is 33.1. The van der Waals surface area contributed by atoms with Crippen molar-refractivity contribution in [1.82, 2.24) is 0 Å². The van der Waals surface area contributed by atoms with Crippen molar-refractivity contribution in [2.45, 2.75) is 112 Å². The molecule has 46 heavy (non-hydrogen) atoms. The van der Waals surface area contributed by atoms with Crippen molar-refractivity contribution >= 4 is 35.1 Å². The summed E-state index contributed by atoms with van der Waals surface area (Å²) in [5.41, 5.74) is 0.186. The van der Waals surface area contributed by atoms with E-state index >= 15 is 0 Å². The Morgan fingerprint density at radius 3 is 2.13 bits per heavy atom.